The Bertz CT molecular complexity index is 933. The second-order valence-corrected chi connectivity index (χ2v) is 6.89. The molecule has 2 aromatic heterocycles. The fourth-order valence-corrected chi connectivity index (χ4v) is 3.38. The average Bonchev–Trinajstić information content (AvgIpc) is 3.44. The first-order chi connectivity index (χ1) is 14.3. The van der Waals surface area contributed by atoms with Gasteiger partial charge in [0.25, 0.3) is 5.89 Å². The van der Waals surface area contributed by atoms with E-state index in [4.69, 9.17) is 4.52 Å². The summed E-state index contributed by atoms with van der Waals surface area (Å²) in [6, 6.07) is 16.5. The van der Waals surface area contributed by atoms with E-state index in [1.165, 1.54) is 5.69 Å². The second kappa shape index (κ2) is 10.9. The number of para-hydroxylation sites is 1. The number of nitrogens with zero attached hydrogens (tertiary/aromatic N) is 5. The van der Waals surface area contributed by atoms with Gasteiger partial charge in [0, 0.05) is 51.0 Å². The molecule has 3 aromatic rings. The highest BCUT2D eigenvalue weighted by atomic mass is 127. The van der Waals surface area contributed by atoms with Gasteiger partial charge < -0.3 is 20.1 Å². The summed E-state index contributed by atoms with van der Waals surface area (Å²) in [7, 11) is 1.78. The summed E-state index contributed by atoms with van der Waals surface area (Å²) in [5, 5.41) is 10.9. The highest BCUT2D eigenvalue weighted by Gasteiger charge is 2.23. The maximum atomic E-state index is 5.29. The molecule has 0 amide bonds. The van der Waals surface area contributed by atoms with Crippen molar-refractivity contribution >= 4 is 35.6 Å². The molecule has 0 bridgehead atoms. The highest BCUT2D eigenvalue weighted by Crippen LogP contribution is 2.19. The van der Waals surface area contributed by atoms with Crippen molar-refractivity contribution in [2.24, 2.45) is 4.99 Å². The molecule has 0 radical (unpaired) electrons. The number of guanidine groups is 1. The van der Waals surface area contributed by atoms with Crippen LogP contribution in [0.25, 0.3) is 11.6 Å². The van der Waals surface area contributed by atoms with Crippen molar-refractivity contribution in [1.82, 2.24) is 25.8 Å². The van der Waals surface area contributed by atoms with Gasteiger partial charge in [-0.05, 0) is 30.7 Å². The van der Waals surface area contributed by atoms with Gasteiger partial charge in [0.1, 0.15) is 5.69 Å². The Morgan fingerprint density at radius 1 is 1.20 bits per heavy atom. The van der Waals surface area contributed by atoms with Gasteiger partial charge in [-0.15, -0.1) is 24.0 Å². The van der Waals surface area contributed by atoms with Gasteiger partial charge in [-0.25, -0.2) is 0 Å². The van der Waals surface area contributed by atoms with E-state index in [0.717, 1.165) is 25.5 Å². The summed E-state index contributed by atoms with van der Waals surface area (Å²) in [5.74, 6) is 1.87. The molecule has 0 saturated carbocycles. The van der Waals surface area contributed by atoms with Crippen LogP contribution in [0.1, 0.15) is 12.2 Å². The molecule has 1 fully saturated rings. The van der Waals surface area contributed by atoms with Gasteiger partial charge in [-0.3, -0.25) is 9.98 Å². The first kappa shape index (κ1) is 22.0. The predicted octanol–water partition coefficient (Wildman–Crippen LogP) is 2.74. The molecule has 1 aliphatic rings. The van der Waals surface area contributed by atoms with Crippen LogP contribution in [0.5, 0.6) is 0 Å². The van der Waals surface area contributed by atoms with Crippen molar-refractivity contribution in [3.63, 3.8) is 0 Å². The summed E-state index contributed by atoms with van der Waals surface area (Å²) >= 11 is 0. The zero-order valence-corrected chi connectivity index (χ0v) is 19.2. The lowest BCUT2D eigenvalue weighted by atomic mass is 10.2. The summed E-state index contributed by atoms with van der Waals surface area (Å²) in [4.78, 5) is 15.4. The molecule has 4 rings (SSSR count). The Balaban J connectivity index is 0.00000256. The van der Waals surface area contributed by atoms with Crippen molar-refractivity contribution < 1.29 is 4.52 Å². The van der Waals surface area contributed by atoms with E-state index >= 15 is 0 Å². The Morgan fingerprint density at radius 3 is 2.80 bits per heavy atom. The van der Waals surface area contributed by atoms with Crippen molar-refractivity contribution in [3.05, 3.63) is 60.6 Å². The minimum Gasteiger partial charge on any atom is -0.369 e. The smallest absolute Gasteiger partial charge is 0.276 e. The van der Waals surface area contributed by atoms with E-state index < -0.39 is 0 Å². The molecule has 9 heteroatoms. The number of nitrogens with one attached hydrogen (secondary N) is 2. The molecule has 1 aliphatic heterocycles. The van der Waals surface area contributed by atoms with Crippen LogP contribution in [0, 0.1) is 0 Å². The Morgan fingerprint density at radius 2 is 2.03 bits per heavy atom. The summed E-state index contributed by atoms with van der Waals surface area (Å²) in [5.41, 5.74) is 1.95. The minimum absolute atomic E-state index is 0. The number of benzene rings is 1. The fraction of sp³-hybridized carbons (Fsp3) is 0.333. The zero-order valence-electron chi connectivity index (χ0n) is 16.9. The first-order valence-electron chi connectivity index (χ1n) is 9.83. The number of rotatable bonds is 6. The second-order valence-electron chi connectivity index (χ2n) is 6.89. The van der Waals surface area contributed by atoms with E-state index in [0.29, 0.717) is 36.4 Å². The monoisotopic (exact) mass is 519 g/mol. The van der Waals surface area contributed by atoms with Crippen LogP contribution in [-0.4, -0.2) is 53.8 Å². The topological polar surface area (TPSA) is 91.5 Å². The first-order valence-corrected chi connectivity index (χ1v) is 9.83. The molecule has 1 atom stereocenters. The number of anilines is 1. The molecule has 0 spiro atoms. The molecule has 1 unspecified atom stereocenters. The van der Waals surface area contributed by atoms with Gasteiger partial charge in [-0.2, -0.15) is 4.98 Å². The zero-order chi connectivity index (χ0) is 19.9. The average molecular weight is 519 g/mol. The van der Waals surface area contributed by atoms with E-state index in [1.54, 1.807) is 13.2 Å². The van der Waals surface area contributed by atoms with Crippen molar-refractivity contribution in [1.29, 1.82) is 0 Å². The molecule has 158 valence electrons. The van der Waals surface area contributed by atoms with Crippen LogP contribution in [0.15, 0.2) is 64.2 Å². The van der Waals surface area contributed by atoms with Crippen LogP contribution >= 0.6 is 24.0 Å². The third-order valence-electron chi connectivity index (χ3n) is 4.87. The maximum Gasteiger partial charge on any atom is 0.276 e. The molecule has 1 aromatic carbocycles. The van der Waals surface area contributed by atoms with E-state index in [1.807, 2.05) is 24.3 Å². The van der Waals surface area contributed by atoms with Crippen molar-refractivity contribution in [2.45, 2.75) is 18.9 Å². The van der Waals surface area contributed by atoms with Gasteiger partial charge >= 0.3 is 0 Å². The van der Waals surface area contributed by atoms with Crippen molar-refractivity contribution in [2.75, 3.05) is 31.6 Å². The fourth-order valence-electron chi connectivity index (χ4n) is 3.38. The lowest BCUT2D eigenvalue weighted by molar-refractivity contribution is 0.421. The van der Waals surface area contributed by atoms with Gasteiger partial charge in [0.05, 0.1) is 0 Å². The van der Waals surface area contributed by atoms with Gasteiger partial charge in [-0.1, -0.05) is 29.4 Å². The Labute approximate surface area is 193 Å². The van der Waals surface area contributed by atoms with Crippen LogP contribution in [0.3, 0.4) is 0 Å². The van der Waals surface area contributed by atoms with Gasteiger partial charge in [0.15, 0.2) is 11.8 Å². The molecule has 30 heavy (non-hydrogen) atoms. The largest absolute Gasteiger partial charge is 0.369 e. The Hall–Kier alpha value is -2.69. The highest BCUT2D eigenvalue weighted by molar-refractivity contribution is 14.0. The molecule has 8 nitrogen and oxygen atoms in total. The number of aromatic nitrogens is 3. The van der Waals surface area contributed by atoms with Crippen LogP contribution in [-0.2, 0) is 6.42 Å². The molecule has 2 N–H and O–H groups in total. The summed E-state index contributed by atoms with van der Waals surface area (Å²) in [6.07, 6.45) is 3.42. The summed E-state index contributed by atoms with van der Waals surface area (Å²) < 4.78 is 5.29. The molecular weight excluding hydrogens is 493 g/mol. The minimum atomic E-state index is 0. The van der Waals surface area contributed by atoms with E-state index in [-0.39, 0.29) is 24.0 Å². The number of hydrogen-bond acceptors (Lipinski definition) is 6. The summed E-state index contributed by atoms with van der Waals surface area (Å²) in [6.45, 7) is 2.66. The van der Waals surface area contributed by atoms with E-state index in [2.05, 4.69) is 59.9 Å². The van der Waals surface area contributed by atoms with Crippen molar-refractivity contribution in [3.8, 4) is 11.6 Å². The van der Waals surface area contributed by atoms with E-state index in [9.17, 15) is 0 Å². The number of hydrogen-bond donors (Lipinski definition) is 2. The third kappa shape index (κ3) is 5.68. The number of halogens is 1. The lowest BCUT2D eigenvalue weighted by Crippen LogP contribution is -2.45. The quantitative estimate of drug-likeness (QED) is 0.294. The molecule has 3 heterocycles. The standard InChI is InChI=1S/C21H25N7O.HI/c1-22-21(25-16-11-14-28(15-16)17-7-3-2-4-8-17)24-13-10-19-26-20(29-27-19)18-9-5-6-12-23-18;/h2-9,12,16H,10-11,13-15H2,1H3,(H2,22,24,25);1H. The Kier molecular flexibility index (Phi) is 8.00. The maximum absolute atomic E-state index is 5.29. The normalized spacial score (nSPS) is 16.2. The number of aliphatic imine (C=N–C) groups is 1. The molecule has 0 aliphatic carbocycles. The molecular formula is C21H26IN7O. The lowest BCUT2D eigenvalue weighted by Gasteiger charge is -2.20. The molecule has 1 saturated heterocycles. The predicted molar refractivity (Wildman–Crippen MR) is 128 cm³/mol. The van der Waals surface area contributed by atoms with Crippen LogP contribution in [0.2, 0.25) is 0 Å². The van der Waals surface area contributed by atoms with Gasteiger partial charge in [0.2, 0.25) is 0 Å². The SMILES string of the molecule is CN=C(NCCc1noc(-c2ccccn2)n1)NC1CCN(c2ccccc2)C1.I. The van der Waals surface area contributed by atoms with Crippen LogP contribution in [0.4, 0.5) is 5.69 Å². The van der Waals surface area contributed by atoms with Crippen LogP contribution < -0.4 is 15.5 Å². The third-order valence-corrected chi connectivity index (χ3v) is 4.87. The number of pyridine rings is 1.